The Labute approximate surface area is 123 Å². The molecule has 0 saturated heterocycles. The minimum atomic E-state index is -3.79. The van der Waals surface area contributed by atoms with E-state index in [1.807, 2.05) is 11.8 Å². The summed E-state index contributed by atoms with van der Waals surface area (Å²) in [6, 6.07) is 7.81. The largest absolute Gasteiger partial charge is 0.462 e. The number of rotatable bonds is 6. The van der Waals surface area contributed by atoms with Crippen LogP contribution in [0.5, 0.6) is 0 Å². The fourth-order valence-corrected chi connectivity index (χ4v) is 2.13. The third-order valence-electron chi connectivity index (χ3n) is 2.36. The summed E-state index contributed by atoms with van der Waals surface area (Å²) in [5, 5.41) is 8.76. The Bertz CT molecular complexity index is 672. The van der Waals surface area contributed by atoms with Crippen molar-refractivity contribution in [3.05, 3.63) is 41.6 Å². The van der Waals surface area contributed by atoms with Crippen LogP contribution in [0.25, 0.3) is 0 Å². The van der Waals surface area contributed by atoms with E-state index in [1.165, 1.54) is 12.1 Å². The summed E-state index contributed by atoms with van der Waals surface area (Å²) in [5.41, 5.74) is 2.79. The lowest BCUT2D eigenvalue weighted by atomic mass is 10.2. The normalized spacial score (nSPS) is 11.6. The standard InChI is InChI=1S/C13H15N3O4S/c1-3-20-13(17)11(8-14)9-15-16-21(18,19)12-6-4-10(2)5-7-12/h4-7,9,15-16H,3H2,1-2H3/b11-9+. The van der Waals surface area contributed by atoms with Gasteiger partial charge in [0.25, 0.3) is 10.0 Å². The van der Waals surface area contributed by atoms with Crippen LogP contribution in [0.1, 0.15) is 12.5 Å². The molecule has 1 aromatic rings. The molecule has 0 spiro atoms. The molecule has 8 heteroatoms. The minimum Gasteiger partial charge on any atom is -0.462 e. The minimum absolute atomic E-state index is 0.0589. The van der Waals surface area contributed by atoms with Gasteiger partial charge in [0.2, 0.25) is 0 Å². The SMILES string of the molecule is CCOC(=O)/C(C#N)=C/NNS(=O)(=O)c1ccc(C)cc1. The number of aryl methyl sites for hydroxylation is 1. The summed E-state index contributed by atoms with van der Waals surface area (Å²) in [7, 11) is -3.79. The highest BCUT2D eigenvalue weighted by Gasteiger charge is 2.13. The Kier molecular flexibility index (Phi) is 5.90. The van der Waals surface area contributed by atoms with Crippen LogP contribution in [0, 0.1) is 18.3 Å². The summed E-state index contributed by atoms with van der Waals surface area (Å²) in [5.74, 6) is -0.831. The highest BCUT2D eigenvalue weighted by atomic mass is 32.2. The molecule has 0 heterocycles. The molecular formula is C13H15N3O4S. The zero-order chi connectivity index (χ0) is 15.9. The molecular weight excluding hydrogens is 294 g/mol. The molecule has 0 saturated carbocycles. The van der Waals surface area contributed by atoms with Crippen LogP contribution in [0.15, 0.2) is 40.9 Å². The van der Waals surface area contributed by atoms with Crippen molar-refractivity contribution < 1.29 is 17.9 Å². The van der Waals surface area contributed by atoms with Gasteiger partial charge >= 0.3 is 5.97 Å². The number of carbonyl (C=O) groups excluding carboxylic acids is 1. The number of carbonyl (C=O) groups is 1. The van der Waals surface area contributed by atoms with Crippen LogP contribution in [-0.4, -0.2) is 21.0 Å². The number of nitriles is 1. The molecule has 0 bridgehead atoms. The first-order valence-electron chi connectivity index (χ1n) is 6.02. The molecule has 0 fully saturated rings. The molecule has 0 radical (unpaired) electrons. The van der Waals surface area contributed by atoms with E-state index < -0.39 is 16.0 Å². The summed E-state index contributed by atoms with van der Waals surface area (Å²) < 4.78 is 28.4. The van der Waals surface area contributed by atoms with E-state index in [0.29, 0.717) is 0 Å². The van der Waals surface area contributed by atoms with E-state index >= 15 is 0 Å². The van der Waals surface area contributed by atoms with Crippen molar-refractivity contribution in [2.24, 2.45) is 0 Å². The zero-order valence-corrected chi connectivity index (χ0v) is 12.4. The van der Waals surface area contributed by atoms with Crippen LogP contribution in [0.4, 0.5) is 0 Å². The molecule has 1 aromatic carbocycles. The number of hydrogen-bond acceptors (Lipinski definition) is 6. The van der Waals surface area contributed by atoms with Crippen LogP contribution in [-0.2, 0) is 19.6 Å². The van der Waals surface area contributed by atoms with Crippen molar-refractivity contribution in [1.82, 2.24) is 10.3 Å². The van der Waals surface area contributed by atoms with E-state index in [0.717, 1.165) is 11.8 Å². The lowest BCUT2D eigenvalue weighted by Crippen LogP contribution is -2.34. The second-order valence-corrected chi connectivity index (χ2v) is 5.64. The lowest BCUT2D eigenvalue weighted by Gasteiger charge is -2.07. The molecule has 2 N–H and O–H groups in total. The Hall–Kier alpha value is -2.37. The predicted molar refractivity (Wildman–Crippen MR) is 75.0 cm³/mol. The van der Waals surface area contributed by atoms with Crippen LogP contribution < -0.4 is 10.3 Å². The summed E-state index contributed by atoms with van der Waals surface area (Å²) >= 11 is 0. The molecule has 21 heavy (non-hydrogen) atoms. The molecule has 0 aliphatic heterocycles. The molecule has 0 aromatic heterocycles. The Morgan fingerprint density at radius 3 is 2.52 bits per heavy atom. The lowest BCUT2D eigenvalue weighted by molar-refractivity contribution is -0.138. The van der Waals surface area contributed by atoms with Gasteiger partial charge in [-0.15, -0.1) is 4.83 Å². The molecule has 0 amide bonds. The second kappa shape index (κ2) is 7.42. The van der Waals surface area contributed by atoms with Gasteiger partial charge in [0.15, 0.2) is 5.57 Å². The first kappa shape index (κ1) is 16.7. The highest BCUT2D eigenvalue weighted by molar-refractivity contribution is 7.89. The van der Waals surface area contributed by atoms with Gasteiger partial charge in [0, 0.05) is 6.20 Å². The second-order valence-electron chi connectivity index (χ2n) is 3.95. The number of sulfonamides is 1. The average Bonchev–Trinajstić information content (AvgIpc) is 2.44. The molecule has 112 valence electrons. The summed E-state index contributed by atoms with van der Waals surface area (Å²) in [4.78, 5) is 13.4. The van der Waals surface area contributed by atoms with Gasteiger partial charge in [-0.3, -0.25) is 0 Å². The average molecular weight is 309 g/mol. The van der Waals surface area contributed by atoms with Crippen LogP contribution in [0.3, 0.4) is 0 Å². The van der Waals surface area contributed by atoms with Gasteiger partial charge in [-0.25, -0.2) is 13.2 Å². The number of hydrogen-bond donors (Lipinski definition) is 2. The van der Waals surface area contributed by atoms with Gasteiger partial charge in [0.1, 0.15) is 6.07 Å². The van der Waals surface area contributed by atoms with Crippen molar-refractivity contribution >= 4 is 16.0 Å². The molecule has 0 aliphatic rings. The number of nitrogens with zero attached hydrogens (tertiary/aromatic N) is 1. The third-order valence-corrected chi connectivity index (χ3v) is 3.64. The predicted octanol–water partition coefficient (Wildman–Crippen LogP) is 0.748. The first-order chi connectivity index (χ1) is 9.90. The maximum absolute atomic E-state index is 11.9. The smallest absolute Gasteiger partial charge is 0.350 e. The van der Waals surface area contributed by atoms with Crippen molar-refractivity contribution in [2.75, 3.05) is 6.61 Å². The Morgan fingerprint density at radius 1 is 1.38 bits per heavy atom. The van der Waals surface area contributed by atoms with E-state index in [1.54, 1.807) is 25.1 Å². The van der Waals surface area contributed by atoms with Crippen molar-refractivity contribution in [1.29, 1.82) is 5.26 Å². The number of benzene rings is 1. The zero-order valence-electron chi connectivity index (χ0n) is 11.6. The molecule has 0 unspecified atom stereocenters. The fraction of sp³-hybridized carbons (Fsp3) is 0.231. The van der Waals surface area contributed by atoms with E-state index in [9.17, 15) is 13.2 Å². The third kappa shape index (κ3) is 4.91. The van der Waals surface area contributed by atoms with E-state index in [2.05, 4.69) is 10.2 Å². The summed E-state index contributed by atoms with van der Waals surface area (Å²) in [6.07, 6.45) is 0.934. The summed E-state index contributed by atoms with van der Waals surface area (Å²) in [6.45, 7) is 3.55. The Morgan fingerprint density at radius 2 is 2.00 bits per heavy atom. The number of hydrazine groups is 1. The van der Waals surface area contributed by atoms with Crippen molar-refractivity contribution in [3.63, 3.8) is 0 Å². The number of nitrogens with one attached hydrogen (secondary N) is 2. The Balaban J connectivity index is 2.76. The molecule has 0 aliphatic carbocycles. The molecule has 0 atom stereocenters. The van der Waals surface area contributed by atoms with E-state index in [-0.39, 0.29) is 17.1 Å². The quantitative estimate of drug-likeness (QED) is 0.347. The maximum atomic E-state index is 11.9. The van der Waals surface area contributed by atoms with Gasteiger partial charge in [-0.2, -0.15) is 5.26 Å². The van der Waals surface area contributed by atoms with Crippen molar-refractivity contribution in [3.8, 4) is 6.07 Å². The van der Waals surface area contributed by atoms with Gasteiger partial charge in [-0.05, 0) is 26.0 Å². The number of esters is 1. The topological polar surface area (TPSA) is 108 Å². The van der Waals surface area contributed by atoms with Crippen LogP contribution >= 0.6 is 0 Å². The van der Waals surface area contributed by atoms with Gasteiger partial charge < -0.3 is 10.2 Å². The van der Waals surface area contributed by atoms with Gasteiger partial charge in [-0.1, -0.05) is 17.7 Å². The first-order valence-corrected chi connectivity index (χ1v) is 7.50. The monoisotopic (exact) mass is 309 g/mol. The van der Waals surface area contributed by atoms with E-state index in [4.69, 9.17) is 5.26 Å². The van der Waals surface area contributed by atoms with Crippen molar-refractivity contribution in [2.45, 2.75) is 18.7 Å². The molecule has 7 nitrogen and oxygen atoms in total. The fourth-order valence-electron chi connectivity index (χ4n) is 1.30. The van der Waals surface area contributed by atoms with Gasteiger partial charge in [0.05, 0.1) is 11.5 Å². The van der Waals surface area contributed by atoms with Crippen LogP contribution in [0.2, 0.25) is 0 Å². The highest BCUT2D eigenvalue weighted by Crippen LogP contribution is 2.09. The number of ether oxygens (including phenoxy) is 1. The molecule has 1 rings (SSSR count). The maximum Gasteiger partial charge on any atom is 0.350 e.